The van der Waals surface area contributed by atoms with Crippen molar-refractivity contribution in [2.45, 2.75) is 6.18 Å². The van der Waals surface area contributed by atoms with Gasteiger partial charge in [-0.1, -0.05) is 0 Å². The quantitative estimate of drug-likeness (QED) is 0.478. The number of halogens is 5. The van der Waals surface area contributed by atoms with Gasteiger partial charge in [-0.25, -0.2) is 14.0 Å². The minimum atomic E-state index is -4.82. The van der Waals surface area contributed by atoms with Gasteiger partial charge in [-0.15, -0.1) is 0 Å². The number of methoxy groups -OCH3 is 2. The molecule has 0 aromatic heterocycles. The number of carbonyl (C=O) groups is 2. The van der Waals surface area contributed by atoms with Crippen molar-refractivity contribution in [1.29, 1.82) is 0 Å². The first-order chi connectivity index (χ1) is 10.6. The van der Waals surface area contributed by atoms with Crippen LogP contribution >= 0.6 is 15.9 Å². The monoisotopic (exact) mass is 399 g/mol. The fraction of sp³-hybridized carbons (Fsp3) is 0.231. The topological polar surface area (TPSA) is 64.6 Å². The largest absolute Gasteiger partial charge is 0.466 e. The maximum absolute atomic E-state index is 13.6. The van der Waals surface area contributed by atoms with Crippen LogP contribution in [0, 0.1) is 5.82 Å². The van der Waals surface area contributed by atoms with Crippen LogP contribution in [-0.2, 0) is 25.2 Å². The van der Waals surface area contributed by atoms with Crippen molar-refractivity contribution in [3.05, 3.63) is 39.8 Å². The third-order valence-corrected chi connectivity index (χ3v) is 3.29. The van der Waals surface area contributed by atoms with Gasteiger partial charge < -0.3 is 14.8 Å². The molecule has 5 nitrogen and oxygen atoms in total. The molecule has 0 bridgehead atoms. The predicted molar refractivity (Wildman–Crippen MR) is 74.8 cm³/mol. The zero-order valence-corrected chi connectivity index (χ0v) is 13.3. The highest BCUT2D eigenvalue weighted by atomic mass is 79.9. The summed E-state index contributed by atoms with van der Waals surface area (Å²) in [6, 6.07) is 1.29. The Hall–Kier alpha value is -2.10. The van der Waals surface area contributed by atoms with E-state index >= 15 is 0 Å². The minimum Gasteiger partial charge on any atom is -0.466 e. The molecule has 0 atom stereocenters. The Morgan fingerprint density at radius 3 is 2.30 bits per heavy atom. The Labute approximate surface area is 136 Å². The van der Waals surface area contributed by atoms with Crippen LogP contribution in [0.1, 0.15) is 5.56 Å². The van der Waals surface area contributed by atoms with Gasteiger partial charge in [0.25, 0.3) is 0 Å². The molecule has 0 spiro atoms. The number of carbonyl (C=O) groups excluding carboxylic acids is 2. The maximum atomic E-state index is 13.6. The van der Waals surface area contributed by atoms with Crippen molar-refractivity contribution < 1.29 is 36.6 Å². The maximum Gasteiger partial charge on any atom is 0.417 e. The Morgan fingerprint density at radius 2 is 1.83 bits per heavy atom. The number of ether oxygens (including phenoxy) is 2. The van der Waals surface area contributed by atoms with Crippen LogP contribution in [0.3, 0.4) is 0 Å². The molecule has 0 aliphatic heterocycles. The zero-order chi connectivity index (χ0) is 17.8. The number of alkyl halides is 3. The van der Waals surface area contributed by atoms with E-state index in [1.807, 2.05) is 0 Å². The van der Waals surface area contributed by atoms with Crippen molar-refractivity contribution in [3.63, 3.8) is 0 Å². The highest BCUT2D eigenvalue weighted by molar-refractivity contribution is 9.10. The molecular weight excluding hydrogens is 390 g/mol. The fourth-order valence-electron chi connectivity index (χ4n) is 1.46. The van der Waals surface area contributed by atoms with E-state index in [1.165, 1.54) is 0 Å². The first-order valence-electron chi connectivity index (χ1n) is 5.81. The second-order valence-electron chi connectivity index (χ2n) is 4.02. The van der Waals surface area contributed by atoms with Crippen molar-refractivity contribution in [3.8, 4) is 0 Å². The number of nitrogens with one attached hydrogen (secondary N) is 1. The first-order valence-corrected chi connectivity index (χ1v) is 6.60. The second-order valence-corrected chi connectivity index (χ2v) is 4.81. The second kappa shape index (κ2) is 7.44. The molecule has 23 heavy (non-hydrogen) atoms. The Morgan fingerprint density at radius 1 is 1.22 bits per heavy atom. The van der Waals surface area contributed by atoms with Crippen LogP contribution in [-0.4, -0.2) is 26.2 Å². The molecule has 0 aliphatic rings. The van der Waals surface area contributed by atoms with Crippen molar-refractivity contribution in [2.75, 3.05) is 19.5 Å². The average Bonchev–Trinajstić information content (AvgIpc) is 2.47. The predicted octanol–water partition coefficient (Wildman–Crippen LogP) is 3.25. The number of hydrogen-bond acceptors (Lipinski definition) is 5. The van der Waals surface area contributed by atoms with E-state index < -0.39 is 45.4 Å². The van der Waals surface area contributed by atoms with E-state index in [-0.39, 0.29) is 0 Å². The molecule has 1 aromatic rings. The lowest BCUT2D eigenvalue weighted by molar-refractivity contribution is -0.138. The fourth-order valence-corrected chi connectivity index (χ4v) is 1.91. The number of anilines is 1. The van der Waals surface area contributed by atoms with E-state index in [4.69, 9.17) is 0 Å². The summed E-state index contributed by atoms with van der Waals surface area (Å²) in [6.07, 6.45) is -4.16. The lowest BCUT2D eigenvalue weighted by Crippen LogP contribution is -2.16. The average molecular weight is 400 g/mol. The number of rotatable bonds is 4. The summed E-state index contributed by atoms with van der Waals surface area (Å²) in [4.78, 5) is 22.7. The molecule has 126 valence electrons. The van der Waals surface area contributed by atoms with Crippen molar-refractivity contribution >= 4 is 33.6 Å². The van der Waals surface area contributed by atoms with E-state index in [9.17, 15) is 27.2 Å². The summed E-state index contributed by atoms with van der Waals surface area (Å²) in [5, 5.41) is 2.20. The summed E-state index contributed by atoms with van der Waals surface area (Å²) in [6.45, 7) is 0. The molecule has 0 saturated carbocycles. The Balaban J connectivity index is 3.30. The standard InChI is InChI=1S/C13H10BrF4NO4/c1-22-10(20)5-9(12(21)23-2)19-6-3-7(13(16,17)18)11(14)8(15)4-6/h3-5,19H,1-2H3/b9-5+. The van der Waals surface area contributed by atoms with Gasteiger partial charge in [0, 0.05) is 5.69 Å². The molecule has 0 unspecified atom stereocenters. The van der Waals surface area contributed by atoms with E-state index in [0.29, 0.717) is 18.2 Å². The Bertz CT molecular complexity index is 658. The lowest BCUT2D eigenvalue weighted by Gasteiger charge is -2.14. The molecule has 0 saturated heterocycles. The smallest absolute Gasteiger partial charge is 0.417 e. The van der Waals surface area contributed by atoms with Gasteiger partial charge in [-0.3, -0.25) is 0 Å². The molecule has 0 aliphatic carbocycles. The molecule has 10 heteroatoms. The molecule has 1 N–H and O–H groups in total. The molecule has 0 fully saturated rings. The highest BCUT2D eigenvalue weighted by Gasteiger charge is 2.35. The van der Waals surface area contributed by atoms with Gasteiger partial charge in [-0.2, -0.15) is 13.2 Å². The first kappa shape index (κ1) is 18.9. The molecule has 1 aromatic carbocycles. The van der Waals surface area contributed by atoms with Crippen LogP contribution in [0.5, 0.6) is 0 Å². The third kappa shape index (κ3) is 4.95. The SMILES string of the molecule is COC(=O)/C=C(/Nc1cc(F)c(Br)c(C(F)(F)F)c1)C(=O)OC. The van der Waals surface area contributed by atoms with Crippen LogP contribution in [0.2, 0.25) is 0 Å². The number of hydrogen-bond donors (Lipinski definition) is 1. The van der Waals surface area contributed by atoms with Gasteiger partial charge in [-0.05, 0) is 28.1 Å². The van der Waals surface area contributed by atoms with Gasteiger partial charge >= 0.3 is 18.1 Å². The van der Waals surface area contributed by atoms with Gasteiger partial charge in [0.15, 0.2) is 0 Å². The van der Waals surface area contributed by atoms with Crippen molar-refractivity contribution in [1.82, 2.24) is 0 Å². The molecule has 1 rings (SSSR count). The van der Waals surface area contributed by atoms with E-state index in [2.05, 4.69) is 30.7 Å². The third-order valence-electron chi connectivity index (χ3n) is 2.48. The number of benzene rings is 1. The molecule has 0 radical (unpaired) electrons. The molecule has 0 amide bonds. The summed E-state index contributed by atoms with van der Waals surface area (Å²) < 4.78 is 60.0. The van der Waals surface area contributed by atoms with Gasteiger partial charge in [0.1, 0.15) is 11.5 Å². The molecular formula is C13H10BrF4NO4. The van der Waals surface area contributed by atoms with Crippen LogP contribution in [0.4, 0.5) is 23.2 Å². The normalized spacial score (nSPS) is 11.9. The minimum absolute atomic E-state index is 0.404. The summed E-state index contributed by atoms with van der Waals surface area (Å²) >= 11 is 2.51. The summed E-state index contributed by atoms with van der Waals surface area (Å²) in [7, 11) is 2.03. The summed E-state index contributed by atoms with van der Waals surface area (Å²) in [5.74, 6) is -3.21. The number of esters is 2. The van der Waals surface area contributed by atoms with E-state index in [0.717, 1.165) is 14.2 Å². The molecule has 0 heterocycles. The van der Waals surface area contributed by atoms with Crippen molar-refractivity contribution in [2.24, 2.45) is 0 Å². The van der Waals surface area contributed by atoms with Crippen LogP contribution < -0.4 is 5.32 Å². The van der Waals surface area contributed by atoms with E-state index in [1.54, 1.807) is 0 Å². The van der Waals surface area contributed by atoms with Crippen LogP contribution in [0.15, 0.2) is 28.4 Å². The lowest BCUT2D eigenvalue weighted by atomic mass is 10.1. The highest BCUT2D eigenvalue weighted by Crippen LogP contribution is 2.38. The zero-order valence-electron chi connectivity index (χ0n) is 11.8. The van der Waals surface area contributed by atoms with Gasteiger partial charge in [0.2, 0.25) is 0 Å². The van der Waals surface area contributed by atoms with Gasteiger partial charge in [0.05, 0.1) is 30.3 Å². The van der Waals surface area contributed by atoms with Crippen LogP contribution in [0.25, 0.3) is 0 Å². The summed E-state index contributed by atoms with van der Waals surface area (Å²) in [5.41, 5.74) is -2.21. The Kier molecular flexibility index (Phi) is 6.13.